The molecule has 0 bridgehead atoms. The lowest BCUT2D eigenvalue weighted by atomic mass is 9.97. The number of hydrogen-bond acceptors (Lipinski definition) is 6. The van der Waals surface area contributed by atoms with E-state index in [9.17, 15) is 14.4 Å². The summed E-state index contributed by atoms with van der Waals surface area (Å²) in [5.74, 6) is -1.20. The Bertz CT molecular complexity index is 1130. The zero-order valence-corrected chi connectivity index (χ0v) is 19.6. The van der Waals surface area contributed by atoms with E-state index in [4.69, 9.17) is 4.74 Å². The second-order valence-corrected chi connectivity index (χ2v) is 8.89. The van der Waals surface area contributed by atoms with Gasteiger partial charge in [-0.05, 0) is 31.9 Å². The average molecular weight is 479 g/mol. The second kappa shape index (κ2) is 10.9. The molecule has 8 nitrogen and oxygen atoms in total. The number of carbonyl (C=O) groups excluding carboxylic acids is 3. The third kappa shape index (κ3) is 5.99. The predicted molar refractivity (Wildman–Crippen MR) is 131 cm³/mol. The van der Waals surface area contributed by atoms with Gasteiger partial charge in [0.2, 0.25) is 0 Å². The molecule has 1 aliphatic rings. The Hall–Kier alpha value is -3.72. The summed E-state index contributed by atoms with van der Waals surface area (Å²) in [4.78, 5) is 43.6. The van der Waals surface area contributed by atoms with Crippen molar-refractivity contribution in [3.05, 3.63) is 66.0 Å². The van der Waals surface area contributed by atoms with Crippen LogP contribution in [0.1, 0.15) is 19.8 Å². The van der Waals surface area contributed by atoms with Crippen LogP contribution in [0.5, 0.6) is 0 Å². The van der Waals surface area contributed by atoms with Crippen molar-refractivity contribution >= 4 is 40.1 Å². The standard InChI is InChI=1S/C25H26N4O4S/c1-17(22(30)28-24-27-21(16-34-24)18-8-4-2-5-9-18)33-23(31)19-12-14-29(15-13-19)25(32)26-20-10-6-3-7-11-20/h2-11,16-17,19H,12-15H2,1H3,(H,26,32)(H,27,28,30)/t17-/m1/s1. The van der Waals surface area contributed by atoms with Crippen LogP contribution in [0.2, 0.25) is 0 Å². The molecule has 1 atom stereocenters. The molecule has 1 aromatic heterocycles. The highest BCUT2D eigenvalue weighted by atomic mass is 32.1. The number of thiazole rings is 1. The van der Waals surface area contributed by atoms with Gasteiger partial charge in [0.1, 0.15) is 0 Å². The number of esters is 1. The summed E-state index contributed by atoms with van der Waals surface area (Å²) in [5, 5.41) is 7.88. The molecule has 2 heterocycles. The van der Waals surface area contributed by atoms with Gasteiger partial charge in [-0.3, -0.25) is 14.9 Å². The number of likely N-dealkylation sites (tertiary alicyclic amines) is 1. The maximum atomic E-state index is 12.6. The minimum atomic E-state index is -0.948. The molecule has 0 spiro atoms. The van der Waals surface area contributed by atoms with E-state index < -0.39 is 18.0 Å². The van der Waals surface area contributed by atoms with Gasteiger partial charge in [-0.2, -0.15) is 0 Å². The third-order valence-corrected chi connectivity index (χ3v) is 6.36. The summed E-state index contributed by atoms with van der Waals surface area (Å²) in [5.41, 5.74) is 2.46. The number of ether oxygens (including phenoxy) is 1. The van der Waals surface area contributed by atoms with Crippen molar-refractivity contribution in [2.75, 3.05) is 23.7 Å². The molecule has 3 amide bonds. The number of nitrogens with one attached hydrogen (secondary N) is 2. The normalized spacial score (nSPS) is 14.8. The first-order valence-electron chi connectivity index (χ1n) is 11.1. The van der Waals surface area contributed by atoms with Crippen molar-refractivity contribution in [2.24, 2.45) is 5.92 Å². The van der Waals surface area contributed by atoms with Gasteiger partial charge in [0, 0.05) is 29.7 Å². The summed E-state index contributed by atoms with van der Waals surface area (Å²) < 4.78 is 5.41. The molecular formula is C25H26N4O4S. The van der Waals surface area contributed by atoms with E-state index in [1.54, 1.807) is 11.8 Å². The van der Waals surface area contributed by atoms with Crippen molar-refractivity contribution in [1.29, 1.82) is 0 Å². The first kappa shape index (κ1) is 23.4. The zero-order chi connectivity index (χ0) is 23.9. The maximum absolute atomic E-state index is 12.6. The number of nitrogens with zero attached hydrogens (tertiary/aromatic N) is 2. The highest BCUT2D eigenvalue weighted by molar-refractivity contribution is 7.14. The Morgan fingerprint density at radius 2 is 1.65 bits per heavy atom. The van der Waals surface area contributed by atoms with Crippen LogP contribution in [-0.4, -0.2) is 47.0 Å². The number of para-hydroxylation sites is 1. The minimum absolute atomic E-state index is 0.191. The van der Waals surface area contributed by atoms with E-state index in [2.05, 4.69) is 15.6 Å². The van der Waals surface area contributed by atoms with Gasteiger partial charge in [-0.25, -0.2) is 9.78 Å². The molecule has 9 heteroatoms. The highest BCUT2D eigenvalue weighted by Crippen LogP contribution is 2.25. The quantitative estimate of drug-likeness (QED) is 0.504. The van der Waals surface area contributed by atoms with E-state index in [0.717, 1.165) is 16.9 Å². The molecule has 0 saturated carbocycles. The summed E-state index contributed by atoms with van der Waals surface area (Å²) >= 11 is 1.31. The SMILES string of the molecule is C[C@@H](OC(=O)C1CCN(C(=O)Nc2ccccc2)CC1)C(=O)Nc1nc(-c2ccccc2)cs1. The lowest BCUT2D eigenvalue weighted by Crippen LogP contribution is -2.43. The predicted octanol–water partition coefficient (Wildman–Crippen LogP) is 4.62. The Kier molecular flexibility index (Phi) is 7.54. The number of piperidine rings is 1. The first-order chi connectivity index (χ1) is 16.5. The van der Waals surface area contributed by atoms with Crippen LogP contribution < -0.4 is 10.6 Å². The van der Waals surface area contributed by atoms with Crippen molar-refractivity contribution < 1.29 is 19.1 Å². The molecule has 4 rings (SSSR count). The van der Waals surface area contributed by atoms with Gasteiger partial charge in [-0.15, -0.1) is 11.3 Å². The Balaban J connectivity index is 1.23. The maximum Gasteiger partial charge on any atom is 0.321 e. The largest absolute Gasteiger partial charge is 0.452 e. The minimum Gasteiger partial charge on any atom is -0.452 e. The molecule has 2 aromatic carbocycles. The van der Waals surface area contributed by atoms with Crippen molar-refractivity contribution in [3.8, 4) is 11.3 Å². The number of hydrogen-bond donors (Lipinski definition) is 2. The van der Waals surface area contributed by atoms with Gasteiger partial charge in [0.15, 0.2) is 11.2 Å². The van der Waals surface area contributed by atoms with E-state index >= 15 is 0 Å². The fourth-order valence-electron chi connectivity index (χ4n) is 3.65. The first-order valence-corrected chi connectivity index (χ1v) is 12.0. The van der Waals surface area contributed by atoms with E-state index in [0.29, 0.717) is 31.1 Å². The van der Waals surface area contributed by atoms with Gasteiger partial charge in [-0.1, -0.05) is 48.5 Å². The number of rotatable bonds is 6. The molecule has 34 heavy (non-hydrogen) atoms. The molecule has 0 unspecified atom stereocenters. The van der Waals surface area contributed by atoms with Crippen LogP contribution in [0.3, 0.4) is 0 Å². The fourth-order valence-corrected chi connectivity index (χ4v) is 4.37. The van der Waals surface area contributed by atoms with Gasteiger partial charge >= 0.3 is 12.0 Å². The summed E-state index contributed by atoms with van der Waals surface area (Å²) in [6.07, 6.45) is 0.0286. The molecule has 1 aliphatic heterocycles. The Morgan fingerprint density at radius 1 is 1.00 bits per heavy atom. The Labute approximate surface area is 202 Å². The number of anilines is 2. The van der Waals surface area contributed by atoms with Crippen LogP contribution in [0.4, 0.5) is 15.6 Å². The van der Waals surface area contributed by atoms with E-state index in [1.165, 1.54) is 11.3 Å². The second-order valence-electron chi connectivity index (χ2n) is 8.03. The van der Waals surface area contributed by atoms with Crippen molar-refractivity contribution in [3.63, 3.8) is 0 Å². The average Bonchev–Trinajstić information content (AvgIpc) is 3.33. The number of carbonyl (C=O) groups is 3. The summed E-state index contributed by atoms with van der Waals surface area (Å²) in [7, 11) is 0. The summed E-state index contributed by atoms with van der Waals surface area (Å²) in [6, 6.07) is 18.7. The summed E-state index contributed by atoms with van der Waals surface area (Å²) in [6.45, 7) is 2.43. The monoisotopic (exact) mass is 478 g/mol. The molecule has 2 N–H and O–H groups in total. The molecule has 0 radical (unpaired) electrons. The van der Waals surface area contributed by atoms with Crippen LogP contribution in [-0.2, 0) is 14.3 Å². The van der Waals surface area contributed by atoms with Gasteiger partial charge in [0.25, 0.3) is 5.91 Å². The number of urea groups is 1. The number of amides is 3. The molecule has 1 fully saturated rings. The number of aromatic nitrogens is 1. The molecule has 3 aromatic rings. The smallest absolute Gasteiger partial charge is 0.321 e. The molecular weight excluding hydrogens is 452 g/mol. The number of benzene rings is 2. The van der Waals surface area contributed by atoms with Gasteiger partial charge < -0.3 is 15.0 Å². The zero-order valence-electron chi connectivity index (χ0n) is 18.8. The van der Waals surface area contributed by atoms with Crippen LogP contribution in [0.25, 0.3) is 11.3 Å². The van der Waals surface area contributed by atoms with E-state index in [1.807, 2.05) is 66.0 Å². The van der Waals surface area contributed by atoms with Crippen LogP contribution in [0.15, 0.2) is 66.0 Å². The lowest BCUT2D eigenvalue weighted by molar-refractivity contribution is -0.158. The topological polar surface area (TPSA) is 101 Å². The molecule has 1 saturated heterocycles. The lowest BCUT2D eigenvalue weighted by Gasteiger charge is -2.31. The van der Waals surface area contributed by atoms with Crippen LogP contribution in [0, 0.1) is 5.92 Å². The highest BCUT2D eigenvalue weighted by Gasteiger charge is 2.30. The van der Waals surface area contributed by atoms with Crippen LogP contribution >= 0.6 is 11.3 Å². The molecule has 176 valence electrons. The van der Waals surface area contributed by atoms with Crippen molar-refractivity contribution in [2.45, 2.75) is 25.9 Å². The fraction of sp³-hybridized carbons (Fsp3) is 0.280. The van der Waals surface area contributed by atoms with Crippen molar-refractivity contribution in [1.82, 2.24) is 9.88 Å². The Morgan fingerprint density at radius 3 is 2.32 bits per heavy atom. The third-order valence-electron chi connectivity index (χ3n) is 5.61. The van der Waals surface area contributed by atoms with Gasteiger partial charge in [0.05, 0.1) is 11.6 Å². The van der Waals surface area contributed by atoms with E-state index in [-0.39, 0.29) is 11.9 Å². The molecule has 0 aliphatic carbocycles.